The number of Topliss-reactive ketones (excluding diaryl/α,β-unsaturated/α-hetero) is 1. The van der Waals surface area contributed by atoms with Crippen molar-refractivity contribution in [2.24, 2.45) is 11.8 Å². The lowest BCUT2D eigenvalue weighted by Crippen LogP contribution is -2.36. The number of nitrogens with zero attached hydrogens (tertiary/aromatic N) is 1. The molecule has 6 heteroatoms. The molecule has 0 amide bonds. The molecule has 5 nitrogen and oxygen atoms in total. The van der Waals surface area contributed by atoms with Gasteiger partial charge in [-0.05, 0) is 76.5 Å². The molecule has 1 saturated carbocycles. The first-order valence-electron chi connectivity index (χ1n) is 11.3. The molecule has 2 aliphatic rings. The van der Waals surface area contributed by atoms with Crippen molar-refractivity contribution in [2.75, 3.05) is 37.0 Å². The van der Waals surface area contributed by atoms with Crippen LogP contribution in [-0.2, 0) is 25.8 Å². The van der Waals surface area contributed by atoms with Crippen molar-refractivity contribution < 1.29 is 17.9 Å². The summed E-state index contributed by atoms with van der Waals surface area (Å²) >= 11 is 0. The molecule has 0 unspecified atom stereocenters. The minimum atomic E-state index is -3.09. The zero-order chi connectivity index (χ0) is 21.8. The molecular formula is C24H37NO4S. The summed E-state index contributed by atoms with van der Waals surface area (Å²) in [4.78, 5) is 15.0. The molecular weight excluding hydrogens is 398 g/mol. The highest BCUT2D eigenvalue weighted by Crippen LogP contribution is 2.33. The molecule has 1 aliphatic carbocycles. The van der Waals surface area contributed by atoms with E-state index >= 15 is 0 Å². The summed E-state index contributed by atoms with van der Waals surface area (Å²) in [5.74, 6) is 0.897. The Labute approximate surface area is 182 Å². The van der Waals surface area contributed by atoms with Crippen molar-refractivity contribution in [1.29, 1.82) is 0 Å². The summed E-state index contributed by atoms with van der Waals surface area (Å²) in [6, 6.07) is 8.55. The minimum absolute atomic E-state index is 0.103. The lowest BCUT2D eigenvalue weighted by molar-refractivity contribution is -0.124. The number of carbonyl (C=O) groups excluding carboxylic acids is 1. The molecule has 1 saturated heterocycles. The largest absolute Gasteiger partial charge is 0.378 e. The van der Waals surface area contributed by atoms with Gasteiger partial charge in [-0.25, -0.2) is 8.42 Å². The molecule has 168 valence electrons. The van der Waals surface area contributed by atoms with Gasteiger partial charge >= 0.3 is 0 Å². The molecule has 1 heterocycles. The third-order valence-electron chi connectivity index (χ3n) is 6.66. The Balaban J connectivity index is 1.43. The van der Waals surface area contributed by atoms with Gasteiger partial charge < -0.3 is 9.64 Å². The van der Waals surface area contributed by atoms with E-state index in [2.05, 4.69) is 29.2 Å². The first-order valence-corrected chi connectivity index (χ1v) is 13.0. The van der Waals surface area contributed by atoms with E-state index in [9.17, 15) is 13.2 Å². The quantitative estimate of drug-likeness (QED) is 0.647. The van der Waals surface area contributed by atoms with Gasteiger partial charge in [-0.2, -0.15) is 0 Å². The van der Waals surface area contributed by atoms with E-state index < -0.39 is 14.6 Å². The molecule has 3 rings (SSSR count). The van der Waals surface area contributed by atoms with Gasteiger partial charge in [0, 0.05) is 31.1 Å². The van der Waals surface area contributed by atoms with Gasteiger partial charge in [0.1, 0.15) is 5.78 Å². The number of carbonyl (C=O) groups is 1. The SMILES string of the molecule is CC(C)(C)S(=O)(=O)CC1CCC(C(=O)CCc2ccc(N3CCOCC3)cc2)CC1. The molecule has 0 bridgehead atoms. The second-order valence-corrected chi connectivity index (χ2v) is 12.6. The fraction of sp³-hybridized carbons (Fsp3) is 0.708. The maximum Gasteiger partial charge on any atom is 0.155 e. The molecule has 1 aromatic carbocycles. The number of anilines is 1. The van der Waals surface area contributed by atoms with Crippen LogP contribution < -0.4 is 4.90 Å². The first kappa shape index (κ1) is 23.3. The number of hydrogen-bond donors (Lipinski definition) is 0. The van der Waals surface area contributed by atoms with Crippen LogP contribution in [0.2, 0.25) is 0 Å². The second-order valence-electron chi connectivity index (χ2n) is 9.84. The van der Waals surface area contributed by atoms with Crippen LogP contribution in [0, 0.1) is 11.8 Å². The molecule has 0 aromatic heterocycles. The van der Waals surface area contributed by atoms with E-state index in [0.29, 0.717) is 12.2 Å². The van der Waals surface area contributed by atoms with E-state index in [0.717, 1.165) is 58.4 Å². The summed E-state index contributed by atoms with van der Waals surface area (Å²) < 4.78 is 29.6. The molecule has 0 spiro atoms. The lowest BCUT2D eigenvalue weighted by atomic mass is 9.79. The Morgan fingerprint density at radius 1 is 1.03 bits per heavy atom. The van der Waals surface area contributed by atoms with Crippen molar-refractivity contribution in [3.8, 4) is 0 Å². The normalized spacial score (nSPS) is 23.4. The third kappa shape index (κ3) is 6.07. The number of ketones is 1. The zero-order valence-corrected chi connectivity index (χ0v) is 19.5. The van der Waals surface area contributed by atoms with E-state index in [-0.39, 0.29) is 17.6 Å². The van der Waals surface area contributed by atoms with Crippen molar-refractivity contribution in [2.45, 2.75) is 64.0 Å². The average molecular weight is 436 g/mol. The summed E-state index contributed by atoms with van der Waals surface area (Å²) in [6.07, 6.45) is 4.71. The number of aryl methyl sites for hydroxylation is 1. The van der Waals surface area contributed by atoms with E-state index in [4.69, 9.17) is 4.74 Å². The molecule has 0 radical (unpaired) electrons. The summed E-state index contributed by atoms with van der Waals surface area (Å²) in [7, 11) is -3.09. The Bertz CT molecular complexity index is 797. The first-order chi connectivity index (χ1) is 14.2. The van der Waals surface area contributed by atoms with Crippen molar-refractivity contribution in [3.63, 3.8) is 0 Å². The monoisotopic (exact) mass is 435 g/mol. The van der Waals surface area contributed by atoms with E-state index in [1.165, 1.54) is 11.3 Å². The second kappa shape index (κ2) is 9.82. The molecule has 1 aromatic rings. The fourth-order valence-corrected chi connectivity index (χ4v) is 5.83. The number of morpholine rings is 1. The van der Waals surface area contributed by atoms with Crippen molar-refractivity contribution in [1.82, 2.24) is 0 Å². The van der Waals surface area contributed by atoms with Crippen LogP contribution in [0.1, 0.15) is 58.4 Å². The minimum Gasteiger partial charge on any atom is -0.378 e. The summed E-state index contributed by atoms with van der Waals surface area (Å²) in [5.41, 5.74) is 2.42. The zero-order valence-electron chi connectivity index (χ0n) is 18.7. The standard InChI is InChI=1S/C24H37NO4S/c1-24(2,3)30(27,28)18-20-4-9-21(10-5-20)23(26)13-8-19-6-11-22(12-7-19)25-14-16-29-17-15-25/h6-7,11-12,20-21H,4-5,8-10,13-18H2,1-3H3. The van der Waals surface area contributed by atoms with Crippen molar-refractivity contribution in [3.05, 3.63) is 29.8 Å². The van der Waals surface area contributed by atoms with Gasteiger partial charge in [0.25, 0.3) is 0 Å². The van der Waals surface area contributed by atoms with Crippen LogP contribution >= 0.6 is 0 Å². The Morgan fingerprint density at radius 3 is 2.20 bits per heavy atom. The topological polar surface area (TPSA) is 63.7 Å². The van der Waals surface area contributed by atoms with Crippen molar-refractivity contribution >= 4 is 21.3 Å². The van der Waals surface area contributed by atoms with Crippen LogP contribution in [0.3, 0.4) is 0 Å². The number of rotatable bonds is 7. The number of hydrogen-bond acceptors (Lipinski definition) is 5. The number of sulfone groups is 1. The van der Waals surface area contributed by atoms with Gasteiger partial charge in [0.2, 0.25) is 0 Å². The fourth-order valence-electron chi connectivity index (χ4n) is 4.38. The highest BCUT2D eigenvalue weighted by Gasteiger charge is 2.34. The summed E-state index contributed by atoms with van der Waals surface area (Å²) in [5, 5.41) is 0. The Morgan fingerprint density at radius 2 is 1.63 bits per heavy atom. The van der Waals surface area contributed by atoms with Crippen LogP contribution in [0.5, 0.6) is 0 Å². The number of benzene rings is 1. The third-order valence-corrected chi connectivity index (χ3v) is 9.44. The van der Waals surface area contributed by atoms with Crippen LogP contribution in [0.15, 0.2) is 24.3 Å². The van der Waals surface area contributed by atoms with E-state index in [1.807, 2.05) is 0 Å². The van der Waals surface area contributed by atoms with Crippen LogP contribution in [-0.4, -0.2) is 51.0 Å². The summed E-state index contributed by atoms with van der Waals surface area (Å²) in [6.45, 7) is 8.72. The highest BCUT2D eigenvalue weighted by molar-refractivity contribution is 7.92. The number of ether oxygens (including phenoxy) is 1. The Kier molecular flexibility index (Phi) is 7.61. The smallest absolute Gasteiger partial charge is 0.155 e. The molecule has 30 heavy (non-hydrogen) atoms. The highest BCUT2D eigenvalue weighted by atomic mass is 32.2. The van der Waals surface area contributed by atoms with Gasteiger partial charge in [-0.1, -0.05) is 12.1 Å². The maximum absolute atomic E-state index is 12.7. The molecule has 0 atom stereocenters. The average Bonchev–Trinajstić information content (AvgIpc) is 2.72. The predicted octanol–water partition coefficient (Wildman–Crippen LogP) is 4.04. The van der Waals surface area contributed by atoms with Crippen LogP contribution in [0.25, 0.3) is 0 Å². The van der Waals surface area contributed by atoms with Gasteiger partial charge in [-0.3, -0.25) is 4.79 Å². The van der Waals surface area contributed by atoms with Gasteiger partial charge in [0.15, 0.2) is 9.84 Å². The maximum atomic E-state index is 12.7. The lowest BCUT2D eigenvalue weighted by Gasteiger charge is -2.30. The van der Waals surface area contributed by atoms with Gasteiger partial charge in [0.05, 0.1) is 23.7 Å². The molecule has 0 N–H and O–H groups in total. The van der Waals surface area contributed by atoms with E-state index in [1.54, 1.807) is 20.8 Å². The Hall–Kier alpha value is -1.40. The molecule has 1 aliphatic heterocycles. The molecule has 2 fully saturated rings. The van der Waals surface area contributed by atoms with Gasteiger partial charge in [-0.15, -0.1) is 0 Å². The van der Waals surface area contributed by atoms with Crippen LogP contribution in [0.4, 0.5) is 5.69 Å². The predicted molar refractivity (Wildman–Crippen MR) is 122 cm³/mol.